The molecule has 2 fully saturated rings. The zero-order chi connectivity index (χ0) is 13.5. The van der Waals surface area contributed by atoms with Crippen molar-refractivity contribution in [2.45, 2.75) is 39.0 Å². The maximum absolute atomic E-state index is 12.4. The van der Waals surface area contributed by atoms with E-state index in [2.05, 4.69) is 38.1 Å². The average Bonchev–Trinajstić information content (AvgIpc) is 3.06. The molecular weight excluding hydrogens is 306 g/mol. The van der Waals surface area contributed by atoms with Crippen LogP contribution in [-0.2, 0) is 11.2 Å². The van der Waals surface area contributed by atoms with Crippen LogP contribution in [0, 0.1) is 17.3 Å². The van der Waals surface area contributed by atoms with Crippen molar-refractivity contribution in [2.75, 3.05) is 6.54 Å². The van der Waals surface area contributed by atoms with E-state index in [1.54, 1.807) is 6.33 Å². The number of carbonyl (C=O) groups excluding carboxylic acids is 1. The lowest BCUT2D eigenvalue weighted by Gasteiger charge is -2.32. The summed E-state index contributed by atoms with van der Waals surface area (Å²) in [7, 11) is 0. The van der Waals surface area contributed by atoms with Crippen LogP contribution < -0.4 is 5.32 Å². The molecule has 1 aromatic rings. The summed E-state index contributed by atoms with van der Waals surface area (Å²) in [4.78, 5) is 19.6. The van der Waals surface area contributed by atoms with E-state index in [1.165, 1.54) is 19.3 Å². The van der Waals surface area contributed by atoms with Crippen LogP contribution in [0.1, 0.15) is 38.3 Å². The van der Waals surface area contributed by atoms with E-state index in [9.17, 15) is 4.79 Å². The van der Waals surface area contributed by atoms with Crippen molar-refractivity contribution in [3.05, 3.63) is 16.6 Å². The van der Waals surface area contributed by atoms with Crippen LogP contribution in [0.5, 0.6) is 0 Å². The zero-order valence-corrected chi connectivity index (χ0v) is 12.8. The van der Waals surface area contributed by atoms with Gasteiger partial charge in [-0.3, -0.25) is 4.79 Å². The first kappa shape index (κ1) is 13.2. The fraction of sp³-hybridized carbons (Fsp3) is 0.714. The second kappa shape index (κ2) is 4.93. The lowest BCUT2D eigenvalue weighted by molar-refractivity contribution is -0.132. The van der Waals surface area contributed by atoms with Crippen LogP contribution in [0.25, 0.3) is 0 Å². The topological polar surface area (TPSA) is 57.8 Å². The molecule has 0 aliphatic heterocycles. The van der Waals surface area contributed by atoms with Crippen molar-refractivity contribution in [2.24, 2.45) is 17.3 Å². The Balaban J connectivity index is 1.53. The van der Waals surface area contributed by atoms with Crippen molar-refractivity contribution in [3.63, 3.8) is 0 Å². The summed E-state index contributed by atoms with van der Waals surface area (Å²) in [5, 5.41) is 3.11. The first-order valence-electron chi connectivity index (χ1n) is 7.05. The highest BCUT2D eigenvalue weighted by atomic mass is 79.9. The molecule has 5 heteroatoms. The summed E-state index contributed by atoms with van der Waals surface area (Å²) in [6, 6.07) is 0. The molecule has 3 unspecified atom stereocenters. The van der Waals surface area contributed by atoms with E-state index >= 15 is 0 Å². The third-order valence-corrected chi connectivity index (χ3v) is 5.68. The number of aromatic nitrogens is 2. The highest BCUT2D eigenvalue weighted by Gasteiger charge is 2.52. The molecule has 0 saturated heterocycles. The Hall–Kier alpha value is -0.840. The van der Waals surface area contributed by atoms with Gasteiger partial charge >= 0.3 is 0 Å². The van der Waals surface area contributed by atoms with E-state index in [-0.39, 0.29) is 11.3 Å². The van der Waals surface area contributed by atoms with Crippen LogP contribution >= 0.6 is 15.9 Å². The number of aromatic amines is 1. The summed E-state index contributed by atoms with van der Waals surface area (Å²) in [5.41, 5.74) is 0.923. The summed E-state index contributed by atoms with van der Waals surface area (Å²) < 4.78 is 0.841. The SMILES string of the molecule is CC1(C(=O)NCCc2[nH]cnc2Br)CC2CCC1C2. The summed E-state index contributed by atoms with van der Waals surface area (Å²) in [5.74, 6) is 1.65. The molecule has 0 radical (unpaired) electrons. The largest absolute Gasteiger partial charge is 0.355 e. The molecule has 1 aromatic heterocycles. The number of nitrogens with zero attached hydrogens (tertiary/aromatic N) is 1. The molecule has 19 heavy (non-hydrogen) atoms. The second-order valence-electron chi connectivity index (χ2n) is 6.18. The van der Waals surface area contributed by atoms with Gasteiger partial charge in [0.15, 0.2) is 0 Å². The molecule has 2 N–H and O–H groups in total. The van der Waals surface area contributed by atoms with Crippen LogP contribution in [0.3, 0.4) is 0 Å². The van der Waals surface area contributed by atoms with Crippen molar-refractivity contribution in [1.29, 1.82) is 0 Å². The molecule has 2 aliphatic rings. The Morgan fingerprint density at radius 3 is 3.05 bits per heavy atom. The van der Waals surface area contributed by atoms with E-state index in [0.29, 0.717) is 12.5 Å². The number of halogens is 1. The number of fused-ring (bicyclic) bond motifs is 2. The van der Waals surface area contributed by atoms with E-state index < -0.39 is 0 Å². The zero-order valence-electron chi connectivity index (χ0n) is 11.2. The lowest BCUT2D eigenvalue weighted by atomic mass is 9.74. The van der Waals surface area contributed by atoms with Gasteiger partial charge in [0.2, 0.25) is 5.91 Å². The predicted molar refractivity (Wildman–Crippen MR) is 76.6 cm³/mol. The maximum atomic E-state index is 12.4. The molecule has 2 aliphatic carbocycles. The van der Waals surface area contributed by atoms with Crippen LogP contribution in [0.4, 0.5) is 0 Å². The highest BCUT2D eigenvalue weighted by Crippen LogP contribution is 2.55. The molecule has 2 bridgehead atoms. The molecule has 0 aromatic carbocycles. The number of hydrogen-bond acceptors (Lipinski definition) is 2. The standard InChI is InChI=1S/C14H20BrN3O/c1-14(7-9-2-3-10(14)6-9)13(19)16-5-4-11-12(15)18-8-17-11/h8-10H,2-7H2,1H3,(H,16,19)(H,17,18). The van der Waals surface area contributed by atoms with Gasteiger partial charge in [0.05, 0.1) is 12.0 Å². The van der Waals surface area contributed by atoms with E-state index in [4.69, 9.17) is 0 Å². The number of hydrogen-bond donors (Lipinski definition) is 2. The van der Waals surface area contributed by atoms with Crippen molar-refractivity contribution < 1.29 is 4.79 Å². The smallest absolute Gasteiger partial charge is 0.226 e. The molecule has 3 atom stereocenters. The molecular formula is C14H20BrN3O. The predicted octanol–water partition coefficient (Wildman–Crippen LogP) is 2.66. The number of rotatable bonds is 4. The summed E-state index contributed by atoms with van der Waals surface area (Å²) in [6.07, 6.45) is 7.36. The van der Waals surface area contributed by atoms with Crippen molar-refractivity contribution in [1.82, 2.24) is 15.3 Å². The Morgan fingerprint density at radius 2 is 2.47 bits per heavy atom. The average molecular weight is 326 g/mol. The van der Waals surface area contributed by atoms with Gasteiger partial charge in [0, 0.05) is 18.4 Å². The minimum absolute atomic E-state index is 0.117. The molecule has 1 heterocycles. The molecule has 4 nitrogen and oxygen atoms in total. The quantitative estimate of drug-likeness (QED) is 0.894. The van der Waals surface area contributed by atoms with E-state index in [0.717, 1.165) is 29.1 Å². The monoisotopic (exact) mass is 325 g/mol. The Labute approximate surface area is 121 Å². The molecule has 104 valence electrons. The van der Waals surface area contributed by atoms with Crippen LogP contribution in [0.15, 0.2) is 10.9 Å². The highest BCUT2D eigenvalue weighted by molar-refractivity contribution is 9.10. The lowest BCUT2D eigenvalue weighted by Crippen LogP contribution is -2.43. The van der Waals surface area contributed by atoms with Gasteiger partial charge in [-0.2, -0.15) is 0 Å². The van der Waals surface area contributed by atoms with E-state index in [1.807, 2.05) is 0 Å². The van der Waals surface area contributed by atoms with Crippen LogP contribution in [-0.4, -0.2) is 22.4 Å². The minimum Gasteiger partial charge on any atom is -0.355 e. The fourth-order valence-corrected chi connectivity index (χ4v) is 4.28. The summed E-state index contributed by atoms with van der Waals surface area (Å²) in [6.45, 7) is 2.82. The third kappa shape index (κ3) is 2.33. The Morgan fingerprint density at radius 1 is 1.63 bits per heavy atom. The van der Waals surface area contributed by atoms with Crippen molar-refractivity contribution in [3.8, 4) is 0 Å². The summed E-state index contributed by atoms with van der Waals surface area (Å²) >= 11 is 3.38. The fourth-order valence-electron chi connectivity index (χ4n) is 3.87. The van der Waals surface area contributed by atoms with Gasteiger partial charge in [0.25, 0.3) is 0 Å². The molecule has 0 spiro atoms. The third-order valence-electron chi connectivity index (χ3n) is 5.00. The van der Waals surface area contributed by atoms with Gasteiger partial charge in [-0.05, 0) is 47.0 Å². The molecule has 3 rings (SSSR count). The van der Waals surface area contributed by atoms with Gasteiger partial charge in [-0.1, -0.05) is 13.3 Å². The van der Waals surface area contributed by atoms with Crippen molar-refractivity contribution >= 4 is 21.8 Å². The normalized spacial score (nSPS) is 32.7. The van der Waals surface area contributed by atoms with Crippen LogP contribution in [0.2, 0.25) is 0 Å². The van der Waals surface area contributed by atoms with Gasteiger partial charge in [0.1, 0.15) is 4.60 Å². The van der Waals surface area contributed by atoms with Gasteiger partial charge in [-0.15, -0.1) is 0 Å². The number of carbonyl (C=O) groups is 1. The first-order chi connectivity index (χ1) is 9.09. The number of H-pyrrole nitrogens is 1. The molecule has 1 amide bonds. The number of nitrogens with one attached hydrogen (secondary N) is 2. The maximum Gasteiger partial charge on any atom is 0.226 e. The van der Waals surface area contributed by atoms with Gasteiger partial charge < -0.3 is 10.3 Å². The molecule has 2 saturated carbocycles. The number of amides is 1. The Bertz CT molecular complexity index is 487. The first-order valence-corrected chi connectivity index (χ1v) is 7.85. The Kier molecular flexibility index (Phi) is 3.41. The minimum atomic E-state index is -0.117. The second-order valence-corrected chi connectivity index (χ2v) is 6.93. The number of imidazole rings is 1. The van der Waals surface area contributed by atoms with Gasteiger partial charge in [-0.25, -0.2) is 4.98 Å².